The van der Waals surface area contributed by atoms with Crippen molar-refractivity contribution in [1.29, 1.82) is 0 Å². The first-order chi connectivity index (χ1) is 18.9. The molecule has 0 spiro atoms. The highest BCUT2D eigenvalue weighted by Gasteiger charge is 2.52. The second-order valence-corrected chi connectivity index (χ2v) is 10.6. The Hall–Kier alpha value is -3.62. The summed E-state index contributed by atoms with van der Waals surface area (Å²) < 4.78 is 29.1. The lowest BCUT2D eigenvalue weighted by atomic mass is 9.83. The normalized spacial score (nSPS) is 22.6. The summed E-state index contributed by atoms with van der Waals surface area (Å²) in [6.45, 7) is 0.826. The van der Waals surface area contributed by atoms with Crippen molar-refractivity contribution in [2.75, 3.05) is 13.1 Å². The summed E-state index contributed by atoms with van der Waals surface area (Å²) in [5.41, 5.74) is 2.46. The summed E-state index contributed by atoms with van der Waals surface area (Å²) in [5, 5.41) is 11.2. The largest absolute Gasteiger partial charge is 0.481 e. The van der Waals surface area contributed by atoms with E-state index >= 15 is 4.39 Å². The maximum Gasteiger partial charge on any atom is 0.330 e. The third kappa shape index (κ3) is 4.83. The molecule has 2 aliphatic rings. The molecule has 2 heterocycles. The van der Waals surface area contributed by atoms with Crippen molar-refractivity contribution in [3.05, 3.63) is 78.2 Å². The van der Waals surface area contributed by atoms with Crippen LogP contribution in [-0.4, -0.2) is 51.9 Å². The van der Waals surface area contributed by atoms with E-state index in [-0.39, 0.29) is 0 Å². The van der Waals surface area contributed by atoms with E-state index in [1.165, 1.54) is 11.3 Å². The summed E-state index contributed by atoms with van der Waals surface area (Å²) in [7, 11) is 0. The molecule has 0 bridgehead atoms. The summed E-state index contributed by atoms with van der Waals surface area (Å²) in [4.78, 5) is 31.8. The Labute approximate surface area is 225 Å². The van der Waals surface area contributed by atoms with Crippen LogP contribution >= 0.6 is 0 Å². The maximum absolute atomic E-state index is 17.4. The highest BCUT2D eigenvalue weighted by molar-refractivity contribution is 5.99. The fourth-order valence-corrected chi connectivity index (χ4v) is 6.15. The topological polar surface area (TPSA) is 92.9 Å². The highest BCUT2D eigenvalue weighted by Crippen LogP contribution is 2.41. The number of Topliss-reactive ketones (excluding diaryl/α,β-unsaturated/α-hetero) is 1. The molecule has 1 saturated carbocycles. The first-order valence-electron chi connectivity index (χ1n) is 13.6. The van der Waals surface area contributed by atoms with Crippen LogP contribution in [0.1, 0.15) is 55.6 Å². The lowest BCUT2D eigenvalue weighted by Crippen LogP contribution is -2.56. The predicted molar refractivity (Wildman–Crippen MR) is 144 cm³/mol. The van der Waals surface area contributed by atoms with E-state index in [0.717, 1.165) is 23.6 Å². The number of benzene rings is 3. The SMILES string of the molecule is O=C(O)C1CCC(OC(F)(C(=O)C(c2ccc3ncoc3c2)c2cccc3ccccc23)N2CCCC2)CC1. The molecule has 3 aromatic carbocycles. The number of likely N-dealkylation sites (tertiary alicyclic amines) is 1. The quantitative estimate of drug-likeness (QED) is 0.277. The van der Waals surface area contributed by atoms with Crippen molar-refractivity contribution in [2.45, 2.75) is 56.5 Å². The third-order valence-corrected chi connectivity index (χ3v) is 8.25. The van der Waals surface area contributed by atoms with Crippen LogP contribution in [0.4, 0.5) is 4.39 Å². The van der Waals surface area contributed by atoms with Crippen LogP contribution in [0.15, 0.2) is 71.5 Å². The number of fused-ring (bicyclic) bond motifs is 2. The van der Waals surface area contributed by atoms with Gasteiger partial charge < -0.3 is 14.3 Å². The molecule has 1 N–H and O–H groups in total. The molecule has 2 fully saturated rings. The number of ketones is 1. The summed E-state index contributed by atoms with van der Waals surface area (Å²) in [6, 6.07) is 18.8. The number of carboxylic acid groups (broad SMARTS) is 1. The minimum atomic E-state index is -2.66. The van der Waals surface area contributed by atoms with Gasteiger partial charge in [-0.3, -0.25) is 9.59 Å². The predicted octanol–water partition coefficient (Wildman–Crippen LogP) is 6.06. The van der Waals surface area contributed by atoms with Crippen LogP contribution in [0.25, 0.3) is 21.9 Å². The third-order valence-electron chi connectivity index (χ3n) is 8.25. The highest BCUT2D eigenvalue weighted by atomic mass is 19.2. The summed E-state index contributed by atoms with van der Waals surface area (Å²) in [6.07, 6.45) is 3.95. The van der Waals surface area contributed by atoms with Crippen molar-refractivity contribution in [2.24, 2.45) is 5.92 Å². The molecular weight excluding hydrogens is 499 g/mol. The summed E-state index contributed by atoms with van der Waals surface area (Å²) in [5.74, 6) is -5.60. The van der Waals surface area contributed by atoms with Gasteiger partial charge in [0.1, 0.15) is 5.52 Å². The van der Waals surface area contributed by atoms with Crippen molar-refractivity contribution in [3.8, 4) is 0 Å². The Kier molecular flexibility index (Phi) is 6.91. The molecule has 0 radical (unpaired) electrons. The average molecular weight is 531 g/mol. The van der Waals surface area contributed by atoms with Crippen LogP contribution in [0.3, 0.4) is 0 Å². The van der Waals surface area contributed by atoms with Crippen molar-refractivity contribution < 1.29 is 28.2 Å². The van der Waals surface area contributed by atoms with Gasteiger partial charge in [0.25, 0.3) is 0 Å². The number of aliphatic carboxylic acids is 1. The van der Waals surface area contributed by atoms with E-state index in [2.05, 4.69) is 4.98 Å². The fourth-order valence-electron chi connectivity index (χ4n) is 6.15. The molecule has 1 aliphatic heterocycles. The molecule has 39 heavy (non-hydrogen) atoms. The van der Waals surface area contributed by atoms with Gasteiger partial charge in [0, 0.05) is 13.1 Å². The van der Waals surface area contributed by atoms with Crippen molar-refractivity contribution in [1.82, 2.24) is 9.88 Å². The van der Waals surface area contributed by atoms with Gasteiger partial charge in [-0.1, -0.05) is 48.5 Å². The van der Waals surface area contributed by atoms with Crippen LogP contribution in [0.5, 0.6) is 0 Å². The first-order valence-corrected chi connectivity index (χ1v) is 13.6. The Bertz CT molecular complexity index is 1500. The Morgan fingerprint density at radius 3 is 2.54 bits per heavy atom. The molecule has 1 saturated heterocycles. The lowest BCUT2D eigenvalue weighted by molar-refractivity contribution is -0.253. The Balaban J connectivity index is 1.44. The van der Waals surface area contributed by atoms with Gasteiger partial charge in [0.2, 0.25) is 5.78 Å². The zero-order valence-corrected chi connectivity index (χ0v) is 21.6. The molecule has 1 aromatic heterocycles. The second-order valence-electron chi connectivity index (χ2n) is 10.6. The second kappa shape index (κ2) is 10.5. The number of carbonyl (C=O) groups is 2. The number of aromatic nitrogens is 1. The van der Waals surface area contributed by atoms with E-state index in [0.29, 0.717) is 61.0 Å². The number of oxazole rings is 1. The number of rotatable bonds is 8. The first kappa shape index (κ1) is 25.6. The van der Waals surface area contributed by atoms with Crippen LogP contribution in [-0.2, 0) is 14.3 Å². The van der Waals surface area contributed by atoms with E-state index in [4.69, 9.17) is 9.15 Å². The number of nitrogens with zero attached hydrogens (tertiary/aromatic N) is 2. The Morgan fingerprint density at radius 2 is 1.77 bits per heavy atom. The zero-order chi connectivity index (χ0) is 27.0. The van der Waals surface area contributed by atoms with Crippen LogP contribution < -0.4 is 0 Å². The van der Waals surface area contributed by atoms with Crippen molar-refractivity contribution in [3.63, 3.8) is 0 Å². The molecule has 8 heteroatoms. The smallest absolute Gasteiger partial charge is 0.330 e. The number of halogens is 1. The van der Waals surface area contributed by atoms with Gasteiger partial charge in [-0.25, -0.2) is 9.88 Å². The van der Waals surface area contributed by atoms with E-state index in [9.17, 15) is 14.7 Å². The molecule has 4 aromatic rings. The molecule has 7 nitrogen and oxygen atoms in total. The van der Waals surface area contributed by atoms with E-state index < -0.39 is 35.7 Å². The minimum absolute atomic E-state index is 0.396. The van der Waals surface area contributed by atoms with Gasteiger partial charge >= 0.3 is 11.9 Å². The van der Waals surface area contributed by atoms with Gasteiger partial charge in [-0.15, -0.1) is 0 Å². The molecule has 2 atom stereocenters. The average Bonchev–Trinajstić information content (AvgIpc) is 3.66. The van der Waals surface area contributed by atoms with Gasteiger partial charge in [-0.2, -0.15) is 4.39 Å². The van der Waals surface area contributed by atoms with Gasteiger partial charge in [0.05, 0.1) is 17.9 Å². The van der Waals surface area contributed by atoms with E-state index in [1.54, 1.807) is 18.2 Å². The summed E-state index contributed by atoms with van der Waals surface area (Å²) >= 11 is 0. The number of ether oxygens (including phenoxy) is 1. The van der Waals surface area contributed by atoms with Crippen LogP contribution in [0, 0.1) is 5.92 Å². The molecule has 6 rings (SSSR count). The number of alkyl halides is 1. The monoisotopic (exact) mass is 530 g/mol. The maximum atomic E-state index is 17.4. The molecular formula is C31H31FN2O5. The standard InChI is InChI=1S/C31H31FN2O5/c32-31(34-16-3-4-17-34,39-23-13-10-21(11-14-23)30(36)37)29(35)28(22-12-15-26-27(18-22)38-19-33-26)25-9-5-7-20-6-1-2-8-24(20)25/h1-2,5-9,12,15,18-19,21,23,28H,3-4,10-11,13-14,16-17H2,(H,36,37). The van der Waals surface area contributed by atoms with Gasteiger partial charge in [-0.05, 0) is 72.6 Å². The zero-order valence-electron chi connectivity index (χ0n) is 21.6. The number of hydrogen-bond acceptors (Lipinski definition) is 6. The van der Waals surface area contributed by atoms with E-state index in [1.807, 2.05) is 42.5 Å². The Morgan fingerprint density at radius 1 is 1.03 bits per heavy atom. The lowest BCUT2D eigenvalue weighted by Gasteiger charge is -2.39. The number of hydrogen-bond donors (Lipinski definition) is 1. The fraction of sp³-hybridized carbons (Fsp3) is 0.387. The minimum Gasteiger partial charge on any atom is -0.481 e. The van der Waals surface area contributed by atoms with Crippen molar-refractivity contribution >= 4 is 33.6 Å². The van der Waals surface area contributed by atoms with Crippen LogP contribution in [0.2, 0.25) is 0 Å². The number of carboxylic acids is 1. The molecule has 202 valence electrons. The molecule has 1 aliphatic carbocycles. The van der Waals surface area contributed by atoms with Gasteiger partial charge in [0.15, 0.2) is 12.0 Å². The number of carbonyl (C=O) groups excluding carboxylic acids is 1. The molecule has 2 unspecified atom stereocenters. The molecule has 0 amide bonds.